The maximum atomic E-state index is 12.9. The van der Waals surface area contributed by atoms with Gasteiger partial charge < -0.3 is 10.0 Å². The molecule has 0 radical (unpaired) electrons. The van der Waals surface area contributed by atoms with Crippen molar-refractivity contribution in [3.8, 4) is 5.75 Å². The standard InChI is InChI=1S/C27H37NO2/c1-8-11-25(26(30)27(5,6)7)21(4)19(2)12-13-20(3)22-16-23(18-24(29)17-22)28-14-9-10-15-28/h11-13,16-18,29H,4,8-10,14-15H2,1-3,5-7H3/b19-12-,20-13+,25-11+. The smallest absolute Gasteiger partial charge is 0.168 e. The molecule has 30 heavy (non-hydrogen) atoms. The van der Waals surface area contributed by atoms with Crippen molar-refractivity contribution < 1.29 is 9.90 Å². The summed E-state index contributed by atoms with van der Waals surface area (Å²) >= 11 is 0. The number of aromatic hydroxyl groups is 1. The second-order valence-corrected chi connectivity index (χ2v) is 9.22. The molecule has 1 heterocycles. The van der Waals surface area contributed by atoms with E-state index in [0.717, 1.165) is 47.5 Å². The second-order valence-electron chi connectivity index (χ2n) is 9.22. The first-order valence-corrected chi connectivity index (χ1v) is 10.9. The molecule has 3 nitrogen and oxygen atoms in total. The predicted molar refractivity (Wildman–Crippen MR) is 129 cm³/mol. The number of hydrogen-bond donors (Lipinski definition) is 1. The first-order valence-electron chi connectivity index (χ1n) is 10.9. The zero-order valence-corrected chi connectivity index (χ0v) is 19.5. The molecule has 0 spiro atoms. The van der Waals surface area contributed by atoms with Crippen LogP contribution in [0.4, 0.5) is 5.69 Å². The molecule has 2 rings (SSSR count). The van der Waals surface area contributed by atoms with Crippen LogP contribution in [0.1, 0.15) is 66.4 Å². The van der Waals surface area contributed by atoms with E-state index in [1.807, 2.05) is 65.8 Å². The lowest BCUT2D eigenvalue weighted by Crippen LogP contribution is -2.23. The van der Waals surface area contributed by atoms with Gasteiger partial charge in [0.25, 0.3) is 0 Å². The molecule has 1 aliphatic heterocycles. The van der Waals surface area contributed by atoms with Crippen LogP contribution in [-0.2, 0) is 4.79 Å². The summed E-state index contributed by atoms with van der Waals surface area (Å²) in [7, 11) is 0. The molecule has 0 aliphatic carbocycles. The third-order valence-electron chi connectivity index (χ3n) is 5.55. The van der Waals surface area contributed by atoms with Crippen molar-refractivity contribution in [3.05, 3.63) is 65.3 Å². The zero-order chi connectivity index (χ0) is 22.5. The van der Waals surface area contributed by atoms with E-state index < -0.39 is 5.41 Å². The van der Waals surface area contributed by atoms with Crippen molar-refractivity contribution in [1.29, 1.82) is 0 Å². The van der Waals surface area contributed by atoms with Gasteiger partial charge in [0.1, 0.15) is 5.75 Å². The number of phenolic OH excluding ortho intramolecular Hbond substituents is 1. The molecule has 162 valence electrons. The van der Waals surface area contributed by atoms with Gasteiger partial charge in [0, 0.05) is 35.8 Å². The van der Waals surface area contributed by atoms with E-state index in [4.69, 9.17) is 0 Å². The summed E-state index contributed by atoms with van der Waals surface area (Å²) in [6.07, 6.45) is 9.21. The van der Waals surface area contributed by atoms with Gasteiger partial charge in [0.15, 0.2) is 5.78 Å². The van der Waals surface area contributed by atoms with E-state index in [0.29, 0.717) is 5.57 Å². The van der Waals surface area contributed by atoms with Crippen molar-refractivity contribution in [3.63, 3.8) is 0 Å². The van der Waals surface area contributed by atoms with Crippen molar-refractivity contribution >= 4 is 17.0 Å². The Morgan fingerprint density at radius 1 is 1.13 bits per heavy atom. The monoisotopic (exact) mass is 407 g/mol. The Morgan fingerprint density at radius 3 is 2.33 bits per heavy atom. The first kappa shape index (κ1) is 23.7. The lowest BCUT2D eigenvalue weighted by molar-refractivity contribution is -0.122. The Labute approximate surface area is 182 Å². The summed E-state index contributed by atoms with van der Waals surface area (Å²) in [4.78, 5) is 15.2. The quantitative estimate of drug-likeness (QED) is 0.397. The minimum atomic E-state index is -0.441. The van der Waals surface area contributed by atoms with E-state index in [9.17, 15) is 9.90 Å². The molecule has 3 heteroatoms. The molecule has 0 atom stereocenters. The fourth-order valence-electron chi connectivity index (χ4n) is 3.60. The summed E-state index contributed by atoms with van der Waals surface area (Å²) in [5.74, 6) is 0.405. The van der Waals surface area contributed by atoms with E-state index in [-0.39, 0.29) is 11.5 Å². The van der Waals surface area contributed by atoms with Crippen molar-refractivity contribution in [2.45, 2.75) is 60.8 Å². The summed E-state index contributed by atoms with van der Waals surface area (Å²) in [5.41, 5.74) is 5.14. The van der Waals surface area contributed by atoms with Crippen LogP contribution in [0.2, 0.25) is 0 Å². The number of carbonyl (C=O) groups excluding carboxylic acids is 1. The molecule has 1 saturated heterocycles. The molecule has 0 saturated carbocycles. The van der Waals surface area contributed by atoms with Crippen LogP contribution in [0.15, 0.2) is 59.7 Å². The van der Waals surface area contributed by atoms with Crippen LogP contribution >= 0.6 is 0 Å². The number of ketones is 1. The van der Waals surface area contributed by atoms with Gasteiger partial charge in [0.05, 0.1) is 0 Å². The number of nitrogens with zero attached hydrogens (tertiary/aromatic N) is 1. The van der Waals surface area contributed by atoms with Crippen molar-refractivity contribution in [2.75, 3.05) is 18.0 Å². The fraction of sp³-hybridized carbons (Fsp3) is 0.444. The molecule has 0 unspecified atom stereocenters. The highest BCUT2D eigenvalue weighted by atomic mass is 16.3. The summed E-state index contributed by atoms with van der Waals surface area (Å²) in [6.45, 7) is 18.2. The topological polar surface area (TPSA) is 40.5 Å². The molecule has 1 aliphatic rings. The number of hydrogen-bond acceptors (Lipinski definition) is 3. The highest BCUT2D eigenvalue weighted by molar-refractivity contribution is 6.03. The number of Topliss-reactive ketones (excluding diaryl/α,β-unsaturated/α-hetero) is 1. The fourth-order valence-corrected chi connectivity index (χ4v) is 3.60. The number of allylic oxidation sites excluding steroid dienone is 7. The summed E-state index contributed by atoms with van der Waals surface area (Å²) in [6, 6.07) is 5.78. The Balaban J connectivity index is 2.28. The van der Waals surface area contributed by atoms with E-state index in [2.05, 4.69) is 17.5 Å². The van der Waals surface area contributed by atoms with Crippen LogP contribution in [0.25, 0.3) is 5.57 Å². The van der Waals surface area contributed by atoms with Gasteiger partial charge in [-0.3, -0.25) is 4.79 Å². The molecule has 1 fully saturated rings. The minimum absolute atomic E-state index is 0.117. The normalized spacial score (nSPS) is 16.2. The highest BCUT2D eigenvalue weighted by Crippen LogP contribution is 2.30. The number of phenols is 1. The maximum Gasteiger partial charge on any atom is 0.168 e. The lowest BCUT2D eigenvalue weighted by Gasteiger charge is -2.21. The van der Waals surface area contributed by atoms with Crippen molar-refractivity contribution in [2.24, 2.45) is 5.41 Å². The van der Waals surface area contributed by atoms with E-state index in [1.165, 1.54) is 12.8 Å². The largest absolute Gasteiger partial charge is 0.508 e. The average Bonchev–Trinajstić information content (AvgIpc) is 3.22. The van der Waals surface area contributed by atoms with Gasteiger partial charge in [-0.1, -0.05) is 52.5 Å². The molecular formula is C27H37NO2. The molecule has 0 aromatic heterocycles. The molecule has 1 N–H and O–H groups in total. The average molecular weight is 408 g/mol. The Hall–Kier alpha value is -2.55. The third kappa shape index (κ3) is 5.98. The number of rotatable bonds is 7. The molecular weight excluding hydrogens is 370 g/mol. The lowest BCUT2D eigenvalue weighted by atomic mass is 9.82. The van der Waals surface area contributed by atoms with Crippen molar-refractivity contribution in [1.82, 2.24) is 0 Å². The van der Waals surface area contributed by atoms with E-state index >= 15 is 0 Å². The predicted octanol–water partition coefficient (Wildman–Crippen LogP) is 6.85. The number of benzene rings is 1. The van der Waals surface area contributed by atoms with Crippen LogP contribution in [0.5, 0.6) is 5.75 Å². The maximum absolute atomic E-state index is 12.9. The van der Waals surface area contributed by atoms with Gasteiger partial charge >= 0.3 is 0 Å². The van der Waals surface area contributed by atoms with Gasteiger partial charge in [-0.05, 0) is 67.5 Å². The number of anilines is 1. The van der Waals surface area contributed by atoms with Gasteiger partial charge in [-0.25, -0.2) is 0 Å². The Morgan fingerprint density at radius 2 is 1.77 bits per heavy atom. The highest BCUT2D eigenvalue weighted by Gasteiger charge is 2.26. The Bertz CT molecular complexity index is 888. The summed E-state index contributed by atoms with van der Waals surface area (Å²) < 4.78 is 0. The van der Waals surface area contributed by atoms with Crippen LogP contribution in [0.3, 0.4) is 0 Å². The number of carbonyl (C=O) groups is 1. The first-order chi connectivity index (χ1) is 14.0. The van der Waals surface area contributed by atoms with Gasteiger partial charge in [-0.15, -0.1) is 0 Å². The zero-order valence-electron chi connectivity index (χ0n) is 19.5. The third-order valence-corrected chi connectivity index (χ3v) is 5.55. The molecule has 1 aromatic carbocycles. The molecule has 0 bridgehead atoms. The van der Waals surface area contributed by atoms with Crippen LogP contribution < -0.4 is 4.90 Å². The van der Waals surface area contributed by atoms with Gasteiger partial charge in [0.2, 0.25) is 0 Å². The van der Waals surface area contributed by atoms with Crippen LogP contribution in [0, 0.1) is 5.41 Å². The van der Waals surface area contributed by atoms with Gasteiger partial charge in [-0.2, -0.15) is 0 Å². The summed E-state index contributed by atoms with van der Waals surface area (Å²) in [5, 5.41) is 10.2. The van der Waals surface area contributed by atoms with E-state index in [1.54, 1.807) is 6.07 Å². The van der Waals surface area contributed by atoms with Crippen LogP contribution in [-0.4, -0.2) is 24.0 Å². The Kier molecular flexibility index (Phi) is 7.89. The molecule has 1 aromatic rings. The minimum Gasteiger partial charge on any atom is -0.508 e. The second kappa shape index (κ2) is 9.97. The molecule has 0 amide bonds. The SMILES string of the molecule is C=C(/C(C)=C\C=C(/C)c1cc(O)cc(N2CCCC2)c1)/C(=C\CC)C(=O)C(C)(C)C.